The summed E-state index contributed by atoms with van der Waals surface area (Å²) in [7, 11) is 0. The third-order valence-electron chi connectivity index (χ3n) is 6.00. The highest BCUT2D eigenvalue weighted by molar-refractivity contribution is 9.10. The van der Waals surface area contributed by atoms with Gasteiger partial charge in [-0.05, 0) is 86.3 Å². The van der Waals surface area contributed by atoms with Gasteiger partial charge in [0.15, 0.2) is 0 Å². The Kier molecular flexibility index (Phi) is 7.78. The molecular weight excluding hydrogens is 452 g/mol. The van der Waals surface area contributed by atoms with Crippen LogP contribution in [0.1, 0.15) is 75.5 Å². The van der Waals surface area contributed by atoms with Crippen molar-refractivity contribution in [1.82, 2.24) is 4.98 Å². The summed E-state index contributed by atoms with van der Waals surface area (Å²) in [5.41, 5.74) is 3.59. The molecule has 0 bridgehead atoms. The molecule has 2 aromatic rings. The van der Waals surface area contributed by atoms with Crippen molar-refractivity contribution in [2.45, 2.75) is 72.1 Å². The number of anilines is 2. The first-order valence-corrected chi connectivity index (χ1v) is 12.0. The fourth-order valence-electron chi connectivity index (χ4n) is 4.06. The molecule has 4 nitrogen and oxygen atoms in total. The Morgan fingerprint density at radius 2 is 2.03 bits per heavy atom. The van der Waals surface area contributed by atoms with Crippen LogP contribution in [0.5, 0.6) is 0 Å². The molecule has 1 aromatic heterocycles. The molecule has 1 saturated carbocycles. The number of rotatable bonds is 8. The number of nitrogens with one attached hydrogen (secondary N) is 1. The van der Waals surface area contributed by atoms with Crippen molar-refractivity contribution in [2.75, 3.05) is 4.90 Å². The molecule has 5 heteroatoms. The molecule has 3 rings (SSSR count). The van der Waals surface area contributed by atoms with E-state index in [2.05, 4.69) is 52.7 Å². The summed E-state index contributed by atoms with van der Waals surface area (Å²) < 4.78 is 1.03. The molecule has 1 aromatic carbocycles. The maximum absolute atomic E-state index is 13.1. The first-order chi connectivity index (χ1) is 14.9. The van der Waals surface area contributed by atoms with Crippen molar-refractivity contribution >= 4 is 33.3 Å². The molecule has 1 fully saturated rings. The molecule has 0 spiro atoms. The minimum Gasteiger partial charge on any atom is -0.308 e. The number of aryl methyl sites for hydroxylation is 1. The second kappa shape index (κ2) is 10.3. The van der Waals surface area contributed by atoms with Crippen molar-refractivity contribution in [2.24, 2.45) is 5.92 Å². The molecule has 1 aliphatic carbocycles. The van der Waals surface area contributed by atoms with Gasteiger partial charge in [-0.25, -0.2) is 0 Å². The summed E-state index contributed by atoms with van der Waals surface area (Å²) in [6.45, 7) is 7.99. The molecule has 0 radical (unpaired) electrons. The van der Waals surface area contributed by atoms with Crippen LogP contribution in [0.15, 0.2) is 33.5 Å². The standard InChI is InChI=1S/C26H31BrN2O2/c1-5-8-18(7-3)15-20-12-13-24(28-26(20)31)29(25(30)9-6-2)23-14-17(4)22(27)16-21(23)19-10-11-19/h12-14,16,18-19H,5,7-8,10-11,15H2,1-4H3,(H,28,31). The zero-order valence-electron chi connectivity index (χ0n) is 18.8. The maximum Gasteiger partial charge on any atom is 0.308 e. The number of aromatic nitrogens is 1. The van der Waals surface area contributed by atoms with E-state index in [1.54, 1.807) is 11.8 Å². The Morgan fingerprint density at radius 1 is 1.29 bits per heavy atom. The lowest BCUT2D eigenvalue weighted by Gasteiger charge is -2.24. The lowest BCUT2D eigenvalue weighted by atomic mass is 9.93. The molecule has 1 atom stereocenters. The van der Waals surface area contributed by atoms with Gasteiger partial charge in [-0.1, -0.05) is 55.0 Å². The van der Waals surface area contributed by atoms with Gasteiger partial charge in [0, 0.05) is 10.0 Å². The molecule has 1 heterocycles. The number of H-pyrrole nitrogens is 1. The van der Waals surface area contributed by atoms with Crippen molar-refractivity contribution in [3.05, 3.63) is 55.8 Å². The Morgan fingerprint density at radius 3 is 2.61 bits per heavy atom. The van der Waals surface area contributed by atoms with Crippen LogP contribution in [0.2, 0.25) is 0 Å². The minimum atomic E-state index is -0.341. The van der Waals surface area contributed by atoms with Gasteiger partial charge in [-0.2, -0.15) is 0 Å². The SMILES string of the molecule is CC#CC(=O)N(c1ccc(CC(CC)CCC)c(=O)[nH]1)c1cc(C)c(Br)cc1C1CC1. The minimum absolute atomic E-state index is 0.129. The first-order valence-electron chi connectivity index (χ1n) is 11.2. The van der Waals surface area contributed by atoms with Crippen molar-refractivity contribution in [3.8, 4) is 11.8 Å². The fourth-order valence-corrected chi connectivity index (χ4v) is 4.42. The van der Waals surface area contributed by atoms with Crippen molar-refractivity contribution in [3.63, 3.8) is 0 Å². The third-order valence-corrected chi connectivity index (χ3v) is 6.85. The topological polar surface area (TPSA) is 53.2 Å². The van der Waals surface area contributed by atoms with E-state index < -0.39 is 0 Å². The predicted molar refractivity (Wildman–Crippen MR) is 131 cm³/mol. The zero-order valence-corrected chi connectivity index (χ0v) is 20.4. The fraction of sp³-hybridized carbons (Fsp3) is 0.462. The molecule has 0 saturated heterocycles. The summed E-state index contributed by atoms with van der Waals surface area (Å²) in [4.78, 5) is 30.5. The highest BCUT2D eigenvalue weighted by Crippen LogP contribution is 2.47. The largest absolute Gasteiger partial charge is 0.308 e. The van der Waals surface area contributed by atoms with Crippen molar-refractivity contribution in [1.29, 1.82) is 0 Å². The van der Waals surface area contributed by atoms with Crippen LogP contribution in [0.3, 0.4) is 0 Å². The van der Waals surface area contributed by atoms with Crippen LogP contribution in [0.4, 0.5) is 11.5 Å². The number of hydrogen-bond acceptors (Lipinski definition) is 2. The van der Waals surface area contributed by atoms with Crippen molar-refractivity contribution < 1.29 is 4.79 Å². The smallest absolute Gasteiger partial charge is 0.308 e. The van der Waals surface area contributed by atoms with Crippen LogP contribution in [-0.2, 0) is 11.2 Å². The molecule has 1 unspecified atom stereocenters. The van der Waals surface area contributed by atoms with E-state index >= 15 is 0 Å². The quantitative estimate of drug-likeness (QED) is 0.443. The number of carbonyl (C=O) groups excluding carboxylic acids is 1. The second-order valence-corrected chi connectivity index (χ2v) is 9.27. The molecule has 1 aliphatic rings. The van der Waals surface area contributed by atoms with Gasteiger partial charge in [0.05, 0.1) is 5.69 Å². The van der Waals surface area contributed by atoms with E-state index in [1.165, 1.54) is 0 Å². The molecule has 1 amide bonds. The summed E-state index contributed by atoms with van der Waals surface area (Å²) in [6.07, 6.45) is 6.24. The Bertz CT molecular complexity index is 1070. The average molecular weight is 483 g/mol. The molecular formula is C26H31BrN2O2. The molecule has 164 valence electrons. The third kappa shape index (κ3) is 5.49. The highest BCUT2D eigenvalue weighted by atomic mass is 79.9. The van der Waals surface area contributed by atoms with E-state index in [-0.39, 0.29) is 11.5 Å². The maximum atomic E-state index is 13.1. The number of hydrogen-bond donors (Lipinski definition) is 1. The molecule has 0 aliphatic heterocycles. The number of carbonyl (C=O) groups is 1. The average Bonchev–Trinajstić information content (AvgIpc) is 3.57. The summed E-state index contributed by atoms with van der Waals surface area (Å²) in [5.74, 6) is 6.42. The van der Waals surface area contributed by atoms with Gasteiger partial charge in [0.2, 0.25) is 0 Å². The van der Waals surface area contributed by atoms with Gasteiger partial charge in [0.25, 0.3) is 5.56 Å². The summed E-state index contributed by atoms with van der Waals surface area (Å²) in [6, 6.07) is 7.83. The van der Waals surface area contributed by atoms with Gasteiger partial charge in [-0.15, -0.1) is 0 Å². The number of pyridine rings is 1. The van der Waals surface area contributed by atoms with E-state index in [1.807, 2.05) is 25.1 Å². The molecule has 1 N–H and O–H groups in total. The Balaban J connectivity index is 2.06. The monoisotopic (exact) mass is 482 g/mol. The number of amides is 1. The second-order valence-electron chi connectivity index (χ2n) is 8.42. The number of nitrogens with zero attached hydrogens (tertiary/aromatic N) is 1. The van der Waals surface area contributed by atoms with E-state index in [0.29, 0.717) is 17.7 Å². The van der Waals surface area contributed by atoms with E-state index in [9.17, 15) is 9.59 Å². The summed E-state index contributed by atoms with van der Waals surface area (Å²) in [5, 5.41) is 0. The van der Waals surface area contributed by atoms with Crippen LogP contribution >= 0.6 is 15.9 Å². The van der Waals surface area contributed by atoms with Crippen LogP contribution in [-0.4, -0.2) is 10.9 Å². The van der Waals surface area contributed by atoms with E-state index in [4.69, 9.17) is 0 Å². The number of benzene rings is 1. The lowest BCUT2D eigenvalue weighted by Crippen LogP contribution is -2.29. The van der Waals surface area contributed by atoms with Crippen LogP contribution in [0, 0.1) is 24.7 Å². The first kappa shape index (κ1) is 23.3. The summed E-state index contributed by atoms with van der Waals surface area (Å²) >= 11 is 3.62. The van der Waals surface area contributed by atoms with E-state index in [0.717, 1.165) is 65.4 Å². The van der Waals surface area contributed by atoms with Gasteiger partial charge < -0.3 is 4.98 Å². The van der Waals surface area contributed by atoms with Gasteiger partial charge >= 0.3 is 5.91 Å². The number of aromatic amines is 1. The van der Waals surface area contributed by atoms with Crippen LogP contribution < -0.4 is 10.5 Å². The lowest BCUT2D eigenvalue weighted by molar-refractivity contribution is -0.112. The van der Waals surface area contributed by atoms with Gasteiger partial charge in [-0.3, -0.25) is 14.5 Å². The normalized spacial score (nSPS) is 14.0. The highest BCUT2D eigenvalue weighted by Gasteiger charge is 2.31. The predicted octanol–water partition coefficient (Wildman–Crippen LogP) is 6.38. The van der Waals surface area contributed by atoms with Crippen LogP contribution in [0.25, 0.3) is 0 Å². The van der Waals surface area contributed by atoms with Gasteiger partial charge in [0.1, 0.15) is 5.82 Å². The number of halogens is 1. The Hall–Kier alpha value is -2.32. The Labute approximate surface area is 193 Å². The zero-order chi connectivity index (χ0) is 22.5. The molecule has 31 heavy (non-hydrogen) atoms.